The highest BCUT2D eigenvalue weighted by molar-refractivity contribution is 5.85. The van der Waals surface area contributed by atoms with Crippen LogP contribution in [-0.4, -0.2) is 13.2 Å². The lowest BCUT2D eigenvalue weighted by Crippen LogP contribution is -2.34. The SMILES string of the molecule is COc1ccc2c(c1)C[C@@H](NCc1ccccc1)CC2.Cl. The lowest BCUT2D eigenvalue weighted by atomic mass is 9.88. The molecular formula is C18H22ClNO. The average molecular weight is 304 g/mol. The molecule has 3 rings (SSSR count). The van der Waals surface area contributed by atoms with Gasteiger partial charge in [-0.3, -0.25) is 0 Å². The molecule has 1 aliphatic carbocycles. The molecule has 2 nitrogen and oxygen atoms in total. The molecule has 0 bridgehead atoms. The van der Waals surface area contributed by atoms with Crippen molar-refractivity contribution in [2.75, 3.05) is 7.11 Å². The van der Waals surface area contributed by atoms with Gasteiger partial charge in [0.1, 0.15) is 5.75 Å². The van der Waals surface area contributed by atoms with E-state index in [0.29, 0.717) is 6.04 Å². The van der Waals surface area contributed by atoms with Crippen LogP contribution in [0.15, 0.2) is 48.5 Å². The van der Waals surface area contributed by atoms with Crippen LogP contribution in [0.2, 0.25) is 0 Å². The van der Waals surface area contributed by atoms with Crippen molar-refractivity contribution in [1.82, 2.24) is 5.32 Å². The molecule has 0 spiro atoms. The smallest absolute Gasteiger partial charge is 0.119 e. The summed E-state index contributed by atoms with van der Waals surface area (Å²) in [7, 11) is 1.73. The highest BCUT2D eigenvalue weighted by atomic mass is 35.5. The summed E-state index contributed by atoms with van der Waals surface area (Å²) in [6.45, 7) is 0.949. The fraction of sp³-hybridized carbons (Fsp3) is 0.333. The third-order valence-corrected chi connectivity index (χ3v) is 4.08. The van der Waals surface area contributed by atoms with Gasteiger partial charge in [-0.05, 0) is 48.1 Å². The quantitative estimate of drug-likeness (QED) is 0.928. The average Bonchev–Trinajstić information content (AvgIpc) is 2.53. The van der Waals surface area contributed by atoms with Gasteiger partial charge < -0.3 is 10.1 Å². The number of ether oxygens (including phenoxy) is 1. The van der Waals surface area contributed by atoms with Crippen LogP contribution < -0.4 is 10.1 Å². The van der Waals surface area contributed by atoms with E-state index in [1.54, 1.807) is 7.11 Å². The fourth-order valence-corrected chi connectivity index (χ4v) is 2.89. The molecule has 1 aliphatic rings. The Labute approximate surface area is 132 Å². The molecule has 3 heteroatoms. The molecule has 1 N–H and O–H groups in total. The zero-order valence-corrected chi connectivity index (χ0v) is 13.2. The van der Waals surface area contributed by atoms with E-state index in [4.69, 9.17) is 4.74 Å². The maximum absolute atomic E-state index is 5.32. The number of fused-ring (bicyclic) bond motifs is 1. The van der Waals surface area contributed by atoms with Crippen molar-refractivity contribution in [3.63, 3.8) is 0 Å². The summed E-state index contributed by atoms with van der Waals surface area (Å²) in [4.78, 5) is 0. The second-order valence-corrected chi connectivity index (χ2v) is 5.44. The Kier molecular flexibility index (Phi) is 5.66. The van der Waals surface area contributed by atoms with Crippen LogP contribution in [0.25, 0.3) is 0 Å². The van der Waals surface area contributed by atoms with Gasteiger partial charge in [-0.25, -0.2) is 0 Å². The normalized spacial score (nSPS) is 16.7. The minimum atomic E-state index is 0. The Morgan fingerprint density at radius 1 is 1.10 bits per heavy atom. The molecule has 21 heavy (non-hydrogen) atoms. The van der Waals surface area contributed by atoms with E-state index in [1.165, 1.54) is 23.1 Å². The number of benzene rings is 2. The maximum Gasteiger partial charge on any atom is 0.119 e. The van der Waals surface area contributed by atoms with Gasteiger partial charge in [-0.15, -0.1) is 12.4 Å². The van der Waals surface area contributed by atoms with Crippen molar-refractivity contribution in [3.8, 4) is 5.75 Å². The predicted molar refractivity (Wildman–Crippen MR) is 89.3 cm³/mol. The van der Waals surface area contributed by atoms with E-state index in [-0.39, 0.29) is 12.4 Å². The molecule has 0 aromatic heterocycles. The predicted octanol–water partition coefficient (Wildman–Crippen LogP) is 3.76. The second-order valence-electron chi connectivity index (χ2n) is 5.44. The van der Waals surface area contributed by atoms with Crippen molar-refractivity contribution >= 4 is 12.4 Å². The Balaban J connectivity index is 0.00000161. The van der Waals surface area contributed by atoms with Gasteiger partial charge in [0, 0.05) is 12.6 Å². The molecule has 0 radical (unpaired) electrons. The largest absolute Gasteiger partial charge is 0.497 e. The van der Waals surface area contributed by atoms with Crippen LogP contribution in [0, 0.1) is 0 Å². The second kappa shape index (κ2) is 7.48. The van der Waals surface area contributed by atoms with Gasteiger partial charge in [0.25, 0.3) is 0 Å². The van der Waals surface area contributed by atoms with Crippen LogP contribution in [0.1, 0.15) is 23.1 Å². The molecule has 0 fully saturated rings. The molecule has 0 unspecified atom stereocenters. The molecule has 1 atom stereocenters. The van der Waals surface area contributed by atoms with Crippen molar-refractivity contribution in [2.45, 2.75) is 31.8 Å². The summed E-state index contributed by atoms with van der Waals surface area (Å²) in [6, 6.07) is 17.6. The Hall–Kier alpha value is -1.51. The maximum atomic E-state index is 5.32. The minimum Gasteiger partial charge on any atom is -0.497 e. The van der Waals surface area contributed by atoms with Crippen molar-refractivity contribution < 1.29 is 4.74 Å². The molecule has 2 aromatic rings. The third kappa shape index (κ3) is 3.99. The monoisotopic (exact) mass is 303 g/mol. The van der Waals surface area contributed by atoms with Crippen molar-refractivity contribution in [3.05, 3.63) is 65.2 Å². The van der Waals surface area contributed by atoms with E-state index in [9.17, 15) is 0 Å². The van der Waals surface area contributed by atoms with Gasteiger partial charge in [-0.2, -0.15) is 0 Å². The summed E-state index contributed by atoms with van der Waals surface area (Å²) in [5.74, 6) is 0.965. The van der Waals surface area contributed by atoms with Gasteiger partial charge >= 0.3 is 0 Å². The Bertz CT molecular complexity index is 571. The lowest BCUT2D eigenvalue weighted by Gasteiger charge is -2.26. The summed E-state index contributed by atoms with van der Waals surface area (Å²) >= 11 is 0. The van der Waals surface area contributed by atoms with E-state index >= 15 is 0 Å². The molecule has 0 saturated heterocycles. The Morgan fingerprint density at radius 3 is 2.67 bits per heavy atom. The molecule has 0 aliphatic heterocycles. The standard InChI is InChI=1S/C18H21NO.ClH/c1-20-18-10-8-15-7-9-17(11-16(15)12-18)19-13-14-5-3-2-4-6-14;/h2-6,8,10,12,17,19H,7,9,11,13H2,1H3;1H/t17-;/m0./s1. The first-order chi connectivity index (χ1) is 9.85. The summed E-state index contributed by atoms with van der Waals surface area (Å²) in [5, 5.41) is 3.68. The molecule has 0 amide bonds. The summed E-state index contributed by atoms with van der Waals surface area (Å²) < 4.78 is 5.32. The molecule has 0 heterocycles. The van der Waals surface area contributed by atoms with Crippen molar-refractivity contribution in [1.29, 1.82) is 0 Å². The van der Waals surface area contributed by atoms with Crippen LogP contribution in [0.4, 0.5) is 0 Å². The van der Waals surface area contributed by atoms with Crippen LogP contribution >= 0.6 is 12.4 Å². The van der Waals surface area contributed by atoms with Gasteiger partial charge in [0.05, 0.1) is 7.11 Å². The number of rotatable bonds is 4. The van der Waals surface area contributed by atoms with Crippen molar-refractivity contribution in [2.24, 2.45) is 0 Å². The molecule has 112 valence electrons. The fourth-order valence-electron chi connectivity index (χ4n) is 2.89. The van der Waals surface area contributed by atoms with Gasteiger partial charge in [-0.1, -0.05) is 36.4 Å². The Morgan fingerprint density at radius 2 is 1.90 bits per heavy atom. The van der Waals surface area contributed by atoms with E-state index in [2.05, 4.69) is 53.8 Å². The number of halogens is 1. The number of hydrogen-bond donors (Lipinski definition) is 1. The first kappa shape index (κ1) is 15.9. The van der Waals surface area contributed by atoms with E-state index in [0.717, 1.165) is 25.1 Å². The van der Waals surface area contributed by atoms with Gasteiger partial charge in [0.15, 0.2) is 0 Å². The summed E-state index contributed by atoms with van der Waals surface area (Å²) in [5.41, 5.74) is 4.26. The topological polar surface area (TPSA) is 21.3 Å². The van der Waals surface area contributed by atoms with Crippen LogP contribution in [-0.2, 0) is 19.4 Å². The molecule has 0 saturated carbocycles. The number of aryl methyl sites for hydroxylation is 1. The van der Waals surface area contributed by atoms with Crippen LogP contribution in [0.3, 0.4) is 0 Å². The zero-order valence-electron chi connectivity index (χ0n) is 12.3. The zero-order chi connectivity index (χ0) is 13.8. The van der Waals surface area contributed by atoms with E-state index in [1.807, 2.05) is 0 Å². The highest BCUT2D eigenvalue weighted by Crippen LogP contribution is 2.25. The summed E-state index contributed by atoms with van der Waals surface area (Å²) in [6.07, 6.45) is 3.47. The first-order valence-electron chi connectivity index (χ1n) is 7.28. The number of nitrogens with one attached hydrogen (secondary N) is 1. The van der Waals surface area contributed by atoms with E-state index < -0.39 is 0 Å². The lowest BCUT2D eigenvalue weighted by molar-refractivity contribution is 0.411. The minimum absolute atomic E-state index is 0. The number of methoxy groups -OCH3 is 1. The van der Waals surface area contributed by atoms with Crippen LogP contribution in [0.5, 0.6) is 5.75 Å². The first-order valence-corrected chi connectivity index (χ1v) is 7.28. The highest BCUT2D eigenvalue weighted by Gasteiger charge is 2.18. The molecular weight excluding hydrogens is 282 g/mol. The number of hydrogen-bond acceptors (Lipinski definition) is 2. The van der Waals surface area contributed by atoms with Gasteiger partial charge in [0.2, 0.25) is 0 Å². The third-order valence-electron chi connectivity index (χ3n) is 4.08. The molecule has 2 aromatic carbocycles.